The molecule has 1 N–H and O–H groups in total. The van der Waals surface area contributed by atoms with Gasteiger partial charge in [0.2, 0.25) is 5.91 Å². The molecule has 7 nitrogen and oxygen atoms in total. The van der Waals surface area contributed by atoms with E-state index in [9.17, 15) is 18.0 Å². The minimum Gasteiger partial charge on any atom is -0.349 e. The molecule has 4 rings (SSSR count). The Bertz CT molecular complexity index is 1010. The third kappa shape index (κ3) is 3.88. The fraction of sp³-hybridized carbons (Fsp3) is 0.316. The van der Waals surface area contributed by atoms with Gasteiger partial charge >= 0.3 is 6.18 Å². The number of carbonyl (C=O) groups is 1. The summed E-state index contributed by atoms with van der Waals surface area (Å²) in [6.45, 7) is 3.51. The van der Waals surface area contributed by atoms with Crippen molar-refractivity contribution in [2.24, 2.45) is 0 Å². The van der Waals surface area contributed by atoms with Crippen LogP contribution in [-0.4, -0.2) is 43.2 Å². The summed E-state index contributed by atoms with van der Waals surface area (Å²) in [5.74, 6) is -0.391. The highest BCUT2D eigenvalue weighted by Crippen LogP contribution is 2.33. The lowest BCUT2D eigenvalue weighted by Crippen LogP contribution is -2.41. The van der Waals surface area contributed by atoms with Crippen LogP contribution in [0.1, 0.15) is 24.2 Å². The molecule has 29 heavy (non-hydrogen) atoms. The summed E-state index contributed by atoms with van der Waals surface area (Å²) in [4.78, 5) is 18.5. The standard InChI is InChI=1S/C19H19F3N6O/c1-13-16-3-2-6-26(16)7-8-27(13)10-18(29)25-15-9-14(19(20,21)22)4-5-17(15)28-12-23-11-24-28/h2-6,9,11-13H,7-8,10H2,1H3,(H,25,29). The number of nitrogens with zero attached hydrogens (tertiary/aromatic N) is 5. The van der Waals surface area contributed by atoms with E-state index in [2.05, 4.69) is 20.0 Å². The van der Waals surface area contributed by atoms with Crippen molar-refractivity contribution in [3.05, 3.63) is 60.4 Å². The zero-order chi connectivity index (χ0) is 20.6. The molecule has 0 fully saturated rings. The van der Waals surface area contributed by atoms with Gasteiger partial charge in [0.1, 0.15) is 12.7 Å². The number of alkyl halides is 3. The van der Waals surface area contributed by atoms with E-state index in [1.807, 2.05) is 30.2 Å². The Balaban J connectivity index is 1.56. The highest BCUT2D eigenvalue weighted by atomic mass is 19.4. The molecule has 0 saturated carbocycles. The first-order valence-electron chi connectivity index (χ1n) is 9.08. The second kappa shape index (κ2) is 7.36. The van der Waals surface area contributed by atoms with Gasteiger partial charge in [0.05, 0.1) is 23.5 Å². The Kier molecular flexibility index (Phi) is 4.87. The minimum atomic E-state index is -4.52. The lowest BCUT2D eigenvalue weighted by Gasteiger charge is -2.34. The summed E-state index contributed by atoms with van der Waals surface area (Å²) in [6, 6.07) is 7.13. The molecular weight excluding hydrogens is 385 g/mol. The van der Waals surface area contributed by atoms with Crippen molar-refractivity contribution >= 4 is 11.6 Å². The number of hydrogen-bond donors (Lipinski definition) is 1. The Morgan fingerprint density at radius 3 is 2.83 bits per heavy atom. The molecule has 1 aliphatic heterocycles. The van der Waals surface area contributed by atoms with Crippen molar-refractivity contribution in [3.63, 3.8) is 0 Å². The number of nitrogens with one attached hydrogen (secondary N) is 1. The number of rotatable bonds is 4. The van der Waals surface area contributed by atoms with Crippen LogP contribution in [0.2, 0.25) is 0 Å². The number of fused-ring (bicyclic) bond motifs is 1. The summed E-state index contributed by atoms with van der Waals surface area (Å²) in [5, 5.41) is 6.57. The molecule has 1 aromatic carbocycles. The first-order chi connectivity index (χ1) is 13.8. The van der Waals surface area contributed by atoms with Gasteiger partial charge in [-0.3, -0.25) is 9.69 Å². The lowest BCUT2D eigenvalue weighted by atomic mass is 10.1. The largest absolute Gasteiger partial charge is 0.416 e. The average molecular weight is 404 g/mol. The zero-order valence-corrected chi connectivity index (χ0v) is 15.6. The quantitative estimate of drug-likeness (QED) is 0.726. The van der Waals surface area contributed by atoms with Gasteiger partial charge in [-0.1, -0.05) is 0 Å². The van der Waals surface area contributed by atoms with E-state index in [-0.39, 0.29) is 18.3 Å². The van der Waals surface area contributed by atoms with E-state index in [4.69, 9.17) is 0 Å². The summed E-state index contributed by atoms with van der Waals surface area (Å²) < 4.78 is 42.9. The monoisotopic (exact) mass is 404 g/mol. The van der Waals surface area contributed by atoms with Crippen LogP contribution < -0.4 is 5.32 Å². The van der Waals surface area contributed by atoms with Gasteiger partial charge < -0.3 is 9.88 Å². The summed E-state index contributed by atoms with van der Waals surface area (Å²) in [6.07, 6.45) is 0.107. The van der Waals surface area contributed by atoms with Gasteiger partial charge in [-0.25, -0.2) is 9.67 Å². The number of benzene rings is 1. The van der Waals surface area contributed by atoms with Crippen LogP contribution in [0.4, 0.5) is 18.9 Å². The molecular formula is C19H19F3N6O. The summed E-state index contributed by atoms with van der Waals surface area (Å²) in [7, 11) is 0. The van der Waals surface area contributed by atoms with Crippen LogP contribution in [0, 0.1) is 0 Å². The van der Waals surface area contributed by atoms with Crippen molar-refractivity contribution in [1.82, 2.24) is 24.2 Å². The van der Waals surface area contributed by atoms with Gasteiger partial charge in [-0.15, -0.1) is 0 Å². The highest BCUT2D eigenvalue weighted by molar-refractivity contribution is 5.94. The Hall–Kier alpha value is -3.14. The van der Waals surface area contributed by atoms with E-state index >= 15 is 0 Å². The van der Waals surface area contributed by atoms with Crippen molar-refractivity contribution in [2.75, 3.05) is 18.4 Å². The molecule has 0 saturated heterocycles. The van der Waals surface area contributed by atoms with E-state index in [1.165, 1.54) is 23.4 Å². The molecule has 0 spiro atoms. The van der Waals surface area contributed by atoms with Crippen LogP contribution in [0.15, 0.2) is 49.2 Å². The molecule has 3 heterocycles. The number of carbonyl (C=O) groups excluding carboxylic acids is 1. The van der Waals surface area contributed by atoms with Gasteiger partial charge in [-0.2, -0.15) is 18.3 Å². The van der Waals surface area contributed by atoms with Crippen LogP contribution in [0.5, 0.6) is 0 Å². The van der Waals surface area contributed by atoms with Gasteiger partial charge in [0.15, 0.2) is 0 Å². The minimum absolute atomic E-state index is 0.0285. The Morgan fingerprint density at radius 1 is 1.28 bits per heavy atom. The molecule has 2 aromatic heterocycles. The number of anilines is 1. The molecule has 0 radical (unpaired) electrons. The molecule has 1 unspecified atom stereocenters. The van der Waals surface area contributed by atoms with E-state index in [0.717, 1.165) is 24.4 Å². The molecule has 1 amide bonds. The van der Waals surface area contributed by atoms with Gasteiger partial charge in [0, 0.05) is 31.0 Å². The zero-order valence-electron chi connectivity index (χ0n) is 15.6. The smallest absolute Gasteiger partial charge is 0.349 e. The highest BCUT2D eigenvalue weighted by Gasteiger charge is 2.32. The van der Waals surface area contributed by atoms with Crippen molar-refractivity contribution < 1.29 is 18.0 Å². The fourth-order valence-corrected chi connectivity index (χ4v) is 3.56. The maximum atomic E-state index is 13.2. The van der Waals surface area contributed by atoms with Gasteiger partial charge in [0.25, 0.3) is 0 Å². The molecule has 152 valence electrons. The number of aromatic nitrogens is 4. The molecule has 3 aromatic rings. The van der Waals surface area contributed by atoms with Crippen molar-refractivity contribution in [2.45, 2.75) is 25.7 Å². The van der Waals surface area contributed by atoms with Crippen LogP contribution >= 0.6 is 0 Å². The number of amides is 1. The van der Waals surface area contributed by atoms with E-state index < -0.39 is 17.6 Å². The first-order valence-corrected chi connectivity index (χ1v) is 9.08. The first kappa shape index (κ1) is 19.2. The second-order valence-electron chi connectivity index (χ2n) is 6.89. The van der Waals surface area contributed by atoms with E-state index in [0.29, 0.717) is 12.2 Å². The van der Waals surface area contributed by atoms with Crippen molar-refractivity contribution in [1.29, 1.82) is 0 Å². The fourth-order valence-electron chi connectivity index (χ4n) is 3.56. The Morgan fingerprint density at radius 2 is 2.10 bits per heavy atom. The molecule has 0 bridgehead atoms. The third-order valence-electron chi connectivity index (χ3n) is 5.08. The van der Waals surface area contributed by atoms with Crippen LogP contribution in [0.25, 0.3) is 5.69 Å². The third-order valence-corrected chi connectivity index (χ3v) is 5.08. The number of hydrogen-bond acceptors (Lipinski definition) is 4. The van der Waals surface area contributed by atoms with Gasteiger partial charge in [-0.05, 0) is 37.3 Å². The predicted molar refractivity (Wildman–Crippen MR) is 99.4 cm³/mol. The maximum Gasteiger partial charge on any atom is 0.416 e. The number of halogens is 3. The van der Waals surface area contributed by atoms with E-state index in [1.54, 1.807) is 0 Å². The predicted octanol–water partition coefficient (Wildman–Crippen LogP) is 3.10. The van der Waals surface area contributed by atoms with Crippen LogP contribution in [-0.2, 0) is 17.5 Å². The van der Waals surface area contributed by atoms with Crippen molar-refractivity contribution in [3.8, 4) is 5.69 Å². The molecule has 0 aliphatic carbocycles. The molecule has 1 atom stereocenters. The molecule has 10 heteroatoms. The summed E-state index contributed by atoms with van der Waals surface area (Å²) in [5.41, 5.74) is 0.597. The SMILES string of the molecule is CC1c2cccn2CCN1CC(=O)Nc1cc(C(F)(F)F)ccc1-n1cncn1. The molecule has 1 aliphatic rings. The summed E-state index contributed by atoms with van der Waals surface area (Å²) >= 11 is 0. The lowest BCUT2D eigenvalue weighted by molar-refractivity contribution is -0.137. The maximum absolute atomic E-state index is 13.2. The second-order valence-corrected chi connectivity index (χ2v) is 6.89. The van der Waals surface area contributed by atoms with Crippen LogP contribution in [0.3, 0.4) is 0 Å². The Labute approximate surface area is 164 Å². The normalized spacial score (nSPS) is 17.2. The average Bonchev–Trinajstić information content (AvgIpc) is 3.35. The topological polar surface area (TPSA) is 68.0 Å².